The number of aliphatic imine (C=N–C) groups is 1. The minimum Gasteiger partial charge on any atom is -0.490 e. The summed E-state index contributed by atoms with van der Waals surface area (Å²) in [6, 6.07) is 6.12. The van der Waals surface area contributed by atoms with Gasteiger partial charge in [-0.3, -0.25) is 0 Å². The van der Waals surface area contributed by atoms with E-state index >= 15 is 0 Å². The first-order chi connectivity index (χ1) is 14.6. The Kier molecular flexibility index (Phi) is 9.97. The van der Waals surface area contributed by atoms with Gasteiger partial charge in [-0.25, -0.2) is 4.99 Å². The number of ether oxygens (including phenoxy) is 2. The number of unbranched alkanes of at least 4 members (excludes halogenated alkanes) is 1. The lowest BCUT2D eigenvalue weighted by atomic mass is 10.1. The molecule has 166 valence electrons. The monoisotopic (exact) mass is 416 g/mol. The second kappa shape index (κ2) is 12.7. The predicted octanol–water partition coefficient (Wildman–Crippen LogP) is 3.00. The van der Waals surface area contributed by atoms with E-state index in [0.717, 1.165) is 61.5 Å². The minimum absolute atomic E-state index is 0.482. The Morgan fingerprint density at radius 2 is 1.77 bits per heavy atom. The number of nitrogens with one attached hydrogen (secondary N) is 2. The minimum atomic E-state index is 0.482. The fourth-order valence-electron chi connectivity index (χ4n) is 2.87. The van der Waals surface area contributed by atoms with E-state index in [1.807, 2.05) is 38.5 Å². The van der Waals surface area contributed by atoms with E-state index in [2.05, 4.69) is 44.9 Å². The Labute approximate surface area is 180 Å². The average Bonchev–Trinajstić information content (AvgIpc) is 3.06. The molecule has 0 radical (unpaired) electrons. The van der Waals surface area contributed by atoms with Crippen molar-refractivity contribution in [2.45, 2.75) is 53.5 Å². The van der Waals surface area contributed by atoms with Crippen LogP contribution >= 0.6 is 0 Å². The third-order valence-electron chi connectivity index (χ3n) is 4.70. The molecule has 2 aromatic rings. The Balaban J connectivity index is 1.98. The fourth-order valence-corrected chi connectivity index (χ4v) is 2.87. The summed E-state index contributed by atoms with van der Waals surface area (Å²) in [5, 5.41) is 15.1. The van der Waals surface area contributed by atoms with Crippen molar-refractivity contribution in [3.05, 3.63) is 35.4 Å². The predicted molar refractivity (Wildman–Crippen MR) is 120 cm³/mol. The van der Waals surface area contributed by atoms with Gasteiger partial charge < -0.3 is 24.7 Å². The lowest BCUT2D eigenvalue weighted by molar-refractivity contribution is 0.287. The molecule has 0 fully saturated rings. The van der Waals surface area contributed by atoms with Crippen LogP contribution in [0.5, 0.6) is 11.5 Å². The topological polar surface area (TPSA) is 85.6 Å². The Bertz CT molecular complexity index is 803. The van der Waals surface area contributed by atoms with E-state index in [1.54, 1.807) is 0 Å². The molecule has 0 spiro atoms. The van der Waals surface area contributed by atoms with Crippen molar-refractivity contribution in [3.63, 3.8) is 0 Å². The molecule has 8 heteroatoms. The van der Waals surface area contributed by atoms with Gasteiger partial charge in [0, 0.05) is 20.1 Å². The van der Waals surface area contributed by atoms with Crippen molar-refractivity contribution in [1.82, 2.24) is 25.4 Å². The SMILES string of the molecule is CCCCNC(=NCc1nnc(C)n1C)NCCc1ccc(OCC)c(OCC)c1. The normalized spacial score (nSPS) is 11.4. The molecule has 2 rings (SSSR count). The van der Waals surface area contributed by atoms with Gasteiger partial charge in [0.1, 0.15) is 12.4 Å². The third kappa shape index (κ3) is 7.24. The van der Waals surface area contributed by atoms with Crippen LogP contribution in [0.2, 0.25) is 0 Å². The van der Waals surface area contributed by atoms with E-state index in [9.17, 15) is 0 Å². The summed E-state index contributed by atoms with van der Waals surface area (Å²) in [6.07, 6.45) is 3.08. The lowest BCUT2D eigenvalue weighted by Crippen LogP contribution is -2.39. The van der Waals surface area contributed by atoms with Gasteiger partial charge in [-0.15, -0.1) is 10.2 Å². The van der Waals surface area contributed by atoms with Crippen LogP contribution in [0.1, 0.15) is 50.8 Å². The molecule has 0 atom stereocenters. The number of aryl methyl sites for hydroxylation is 1. The molecular weight excluding hydrogens is 380 g/mol. The molecule has 1 aromatic carbocycles. The molecule has 0 aliphatic rings. The molecule has 0 saturated carbocycles. The van der Waals surface area contributed by atoms with E-state index in [1.165, 1.54) is 5.56 Å². The first-order valence-electron chi connectivity index (χ1n) is 10.8. The van der Waals surface area contributed by atoms with Gasteiger partial charge in [-0.2, -0.15) is 0 Å². The number of guanidine groups is 1. The summed E-state index contributed by atoms with van der Waals surface area (Å²) in [5.74, 6) is 4.11. The average molecular weight is 417 g/mol. The van der Waals surface area contributed by atoms with Crippen LogP contribution in [0.3, 0.4) is 0 Å². The Morgan fingerprint density at radius 1 is 1.03 bits per heavy atom. The molecule has 0 amide bonds. The van der Waals surface area contributed by atoms with Gasteiger partial charge in [-0.1, -0.05) is 19.4 Å². The molecule has 0 aliphatic heterocycles. The van der Waals surface area contributed by atoms with Crippen LogP contribution in [0, 0.1) is 6.92 Å². The van der Waals surface area contributed by atoms with E-state index in [4.69, 9.17) is 9.47 Å². The summed E-state index contributed by atoms with van der Waals surface area (Å²) in [6.45, 7) is 11.4. The highest BCUT2D eigenvalue weighted by atomic mass is 16.5. The van der Waals surface area contributed by atoms with Gasteiger partial charge in [0.2, 0.25) is 0 Å². The van der Waals surface area contributed by atoms with E-state index < -0.39 is 0 Å². The number of rotatable bonds is 12. The number of benzene rings is 1. The Morgan fingerprint density at radius 3 is 2.43 bits per heavy atom. The molecule has 1 heterocycles. The lowest BCUT2D eigenvalue weighted by Gasteiger charge is -2.14. The van der Waals surface area contributed by atoms with Gasteiger partial charge in [0.15, 0.2) is 23.3 Å². The van der Waals surface area contributed by atoms with Crippen LogP contribution in [0.15, 0.2) is 23.2 Å². The van der Waals surface area contributed by atoms with Crippen LogP contribution < -0.4 is 20.1 Å². The van der Waals surface area contributed by atoms with Crippen molar-refractivity contribution in [2.75, 3.05) is 26.3 Å². The van der Waals surface area contributed by atoms with Crippen molar-refractivity contribution >= 4 is 5.96 Å². The Hall–Kier alpha value is -2.77. The fraction of sp³-hybridized carbons (Fsp3) is 0.591. The van der Waals surface area contributed by atoms with E-state index in [-0.39, 0.29) is 0 Å². The zero-order chi connectivity index (χ0) is 21.8. The highest BCUT2D eigenvalue weighted by Gasteiger charge is 2.08. The first kappa shape index (κ1) is 23.5. The highest BCUT2D eigenvalue weighted by molar-refractivity contribution is 5.79. The third-order valence-corrected chi connectivity index (χ3v) is 4.70. The molecule has 2 N–H and O–H groups in total. The molecule has 0 aliphatic carbocycles. The van der Waals surface area contributed by atoms with Crippen LogP contribution in [0.25, 0.3) is 0 Å². The number of aromatic nitrogens is 3. The summed E-state index contributed by atoms with van der Waals surface area (Å²) in [4.78, 5) is 4.68. The first-order valence-corrected chi connectivity index (χ1v) is 10.8. The largest absolute Gasteiger partial charge is 0.490 e. The molecule has 30 heavy (non-hydrogen) atoms. The van der Waals surface area contributed by atoms with Crippen molar-refractivity contribution < 1.29 is 9.47 Å². The van der Waals surface area contributed by atoms with Crippen LogP contribution in [-0.4, -0.2) is 47.0 Å². The maximum atomic E-state index is 5.73. The van der Waals surface area contributed by atoms with Crippen LogP contribution in [-0.2, 0) is 20.0 Å². The molecular formula is C22H36N6O2. The summed E-state index contributed by atoms with van der Waals surface area (Å²) >= 11 is 0. The molecule has 8 nitrogen and oxygen atoms in total. The van der Waals surface area contributed by atoms with Gasteiger partial charge in [0.25, 0.3) is 0 Å². The molecule has 1 aromatic heterocycles. The number of nitrogens with zero attached hydrogens (tertiary/aromatic N) is 4. The number of hydrogen-bond acceptors (Lipinski definition) is 5. The molecule has 0 saturated heterocycles. The maximum Gasteiger partial charge on any atom is 0.191 e. The zero-order valence-electron chi connectivity index (χ0n) is 19.0. The van der Waals surface area contributed by atoms with Gasteiger partial charge >= 0.3 is 0 Å². The van der Waals surface area contributed by atoms with Gasteiger partial charge in [-0.05, 0) is 51.3 Å². The van der Waals surface area contributed by atoms with Crippen LogP contribution in [0.4, 0.5) is 0 Å². The highest BCUT2D eigenvalue weighted by Crippen LogP contribution is 2.28. The van der Waals surface area contributed by atoms with E-state index in [0.29, 0.717) is 19.8 Å². The summed E-state index contributed by atoms with van der Waals surface area (Å²) in [7, 11) is 1.96. The van der Waals surface area contributed by atoms with Gasteiger partial charge in [0.05, 0.1) is 13.2 Å². The molecule has 0 bridgehead atoms. The molecule has 0 unspecified atom stereocenters. The number of hydrogen-bond donors (Lipinski definition) is 2. The smallest absolute Gasteiger partial charge is 0.191 e. The second-order valence-corrected chi connectivity index (χ2v) is 6.99. The second-order valence-electron chi connectivity index (χ2n) is 6.99. The zero-order valence-corrected chi connectivity index (χ0v) is 19.0. The summed E-state index contributed by atoms with van der Waals surface area (Å²) < 4.78 is 13.3. The maximum absolute atomic E-state index is 5.73. The quantitative estimate of drug-likeness (QED) is 0.314. The van der Waals surface area contributed by atoms with Crippen molar-refractivity contribution in [3.8, 4) is 11.5 Å². The van der Waals surface area contributed by atoms with Crippen molar-refractivity contribution in [1.29, 1.82) is 0 Å². The van der Waals surface area contributed by atoms with Crippen molar-refractivity contribution in [2.24, 2.45) is 12.0 Å². The summed E-state index contributed by atoms with van der Waals surface area (Å²) in [5.41, 5.74) is 1.19. The standard InChI is InChI=1S/C22H36N6O2/c1-6-9-13-23-22(25-16-21-27-26-17(4)28(21)5)24-14-12-18-10-11-19(29-7-2)20(15-18)30-8-3/h10-11,15H,6-9,12-14,16H2,1-5H3,(H2,23,24,25).